The van der Waals surface area contributed by atoms with Crippen molar-refractivity contribution in [1.82, 2.24) is 20.6 Å². The first-order valence-electron chi connectivity index (χ1n) is 4.62. The molecule has 3 rings (SSSR count). The summed E-state index contributed by atoms with van der Waals surface area (Å²) in [5.41, 5.74) is 0.970. The van der Waals surface area contributed by atoms with Gasteiger partial charge in [0.2, 0.25) is 0 Å². The predicted octanol–water partition coefficient (Wildman–Crippen LogP) is 1.65. The van der Waals surface area contributed by atoms with Crippen LogP contribution in [0.1, 0.15) is 0 Å². The summed E-state index contributed by atoms with van der Waals surface area (Å²) in [5, 5.41) is 17.0. The molecule has 1 heterocycles. The zero-order chi connectivity index (χ0) is 10.1. The maximum atomic E-state index is 3.86. The van der Waals surface area contributed by atoms with Crippen molar-refractivity contribution in [2.75, 3.05) is 0 Å². The molecule has 0 fully saturated rings. The van der Waals surface area contributed by atoms with Gasteiger partial charge >= 0.3 is 0 Å². The van der Waals surface area contributed by atoms with Crippen LogP contribution >= 0.6 is 0 Å². The SMILES string of the molecule is c1ccc2c(-c3nnn[n-]3)cccc2c1. The van der Waals surface area contributed by atoms with E-state index in [2.05, 4.69) is 32.8 Å². The molecule has 4 nitrogen and oxygen atoms in total. The maximum Gasteiger partial charge on any atom is 0.0403 e. The van der Waals surface area contributed by atoms with Gasteiger partial charge in [-0.1, -0.05) is 42.5 Å². The lowest BCUT2D eigenvalue weighted by atomic mass is 10.0. The number of hydrogen-bond donors (Lipinski definition) is 0. The summed E-state index contributed by atoms with van der Waals surface area (Å²) in [6, 6.07) is 14.1. The zero-order valence-electron chi connectivity index (χ0n) is 7.83. The average Bonchev–Trinajstić information content (AvgIpc) is 2.82. The van der Waals surface area contributed by atoms with Crippen LogP contribution in [0.15, 0.2) is 42.5 Å². The van der Waals surface area contributed by atoms with Gasteiger partial charge in [0.05, 0.1) is 0 Å². The molecule has 72 valence electrons. The Kier molecular flexibility index (Phi) is 1.71. The Morgan fingerprint density at radius 3 is 2.67 bits per heavy atom. The molecule has 0 aliphatic heterocycles. The van der Waals surface area contributed by atoms with Crippen LogP contribution in [0.4, 0.5) is 0 Å². The minimum Gasteiger partial charge on any atom is -0.330 e. The van der Waals surface area contributed by atoms with Crippen LogP contribution in [0.2, 0.25) is 0 Å². The van der Waals surface area contributed by atoms with E-state index in [0.717, 1.165) is 10.9 Å². The molecule has 0 saturated heterocycles. The Balaban J connectivity index is 2.36. The minimum atomic E-state index is 0.576. The minimum absolute atomic E-state index is 0.576. The maximum absolute atomic E-state index is 3.86. The molecule has 0 aliphatic rings. The quantitative estimate of drug-likeness (QED) is 0.592. The summed E-state index contributed by atoms with van der Waals surface area (Å²) < 4.78 is 0. The van der Waals surface area contributed by atoms with Crippen molar-refractivity contribution in [1.29, 1.82) is 0 Å². The fraction of sp³-hybridized carbons (Fsp3) is 0. The Morgan fingerprint density at radius 2 is 1.80 bits per heavy atom. The van der Waals surface area contributed by atoms with Crippen molar-refractivity contribution < 1.29 is 0 Å². The lowest BCUT2D eigenvalue weighted by molar-refractivity contribution is 0.871. The van der Waals surface area contributed by atoms with E-state index in [1.54, 1.807) is 0 Å². The number of benzene rings is 2. The first-order valence-corrected chi connectivity index (χ1v) is 4.62. The molecule has 3 aromatic rings. The highest BCUT2D eigenvalue weighted by Crippen LogP contribution is 2.24. The van der Waals surface area contributed by atoms with Crippen molar-refractivity contribution in [3.63, 3.8) is 0 Å². The van der Waals surface area contributed by atoms with Crippen molar-refractivity contribution in [2.45, 2.75) is 0 Å². The molecule has 15 heavy (non-hydrogen) atoms. The summed E-state index contributed by atoms with van der Waals surface area (Å²) in [6.45, 7) is 0. The van der Waals surface area contributed by atoms with Crippen LogP contribution in [0.5, 0.6) is 0 Å². The topological polar surface area (TPSA) is 52.8 Å². The highest BCUT2D eigenvalue weighted by molar-refractivity contribution is 5.94. The third-order valence-electron chi connectivity index (χ3n) is 2.35. The lowest BCUT2D eigenvalue weighted by Crippen LogP contribution is -1.85. The molecule has 0 radical (unpaired) electrons. The van der Waals surface area contributed by atoms with Gasteiger partial charge in [0.1, 0.15) is 0 Å². The van der Waals surface area contributed by atoms with E-state index in [9.17, 15) is 0 Å². The highest BCUT2D eigenvalue weighted by Gasteiger charge is 2.00. The molecule has 0 unspecified atom stereocenters. The van der Waals surface area contributed by atoms with Crippen molar-refractivity contribution in [3.8, 4) is 11.4 Å². The summed E-state index contributed by atoms with van der Waals surface area (Å²) in [6.07, 6.45) is 0. The second kappa shape index (κ2) is 3.16. The summed E-state index contributed by atoms with van der Waals surface area (Å²) in [7, 11) is 0. The van der Waals surface area contributed by atoms with Crippen LogP contribution in [-0.4, -0.2) is 15.5 Å². The Labute approximate surface area is 85.9 Å². The molecule has 0 bridgehead atoms. The third kappa shape index (κ3) is 1.27. The van der Waals surface area contributed by atoms with Crippen LogP contribution in [-0.2, 0) is 0 Å². The molecule has 0 saturated carbocycles. The van der Waals surface area contributed by atoms with Gasteiger partial charge in [-0.15, -0.1) is 0 Å². The second-order valence-corrected chi connectivity index (χ2v) is 3.23. The van der Waals surface area contributed by atoms with E-state index in [1.165, 1.54) is 5.39 Å². The molecule has 0 amide bonds. The molecule has 0 atom stereocenters. The third-order valence-corrected chi connectivity index (χ3v) is 2.35. The number of hydrogen-bond acceptors (Lipinski definition) is 3. The van der Waals surface area contributed by atoms with Crippen LogP contribution < -0.4 is 5.10 Å². The van der Waals surface area contributed by atoms with Gasteiger partial charge < -0.3 is 5.10 Å². The molecule has 0 N–H and O–H groups in total. The smallest absolute Gasteiger partial charge is 0.0403 e. The molecular formula is C11H7N4-. The van der Waals surface area contributed by atoms with Crippen LogP contribution in [0.3, 0.4) is 0 Å². The van der Waals surface area contributed by atoms with E-state index in [4.69, 9.17) is 0 Å². The first-order chi connectivity index (χ1) is 7.45. The van der Waals surface area contributed by atoms with Gasteiger partial charge in [0, 0.05) is 5.82 Å². The van der Waals surface area contributed by atoms with Gasteiger partial charge in [-0.05, 0) is 16.3 Å². The van der Waals surface area contributed by atoms with E-state index in [1.807, 2.05) is 30.3 Å². The largest absolute Gasteiger partial charge is 0.330 e. The van der Waals surface area contributed by atoms with Gasteiger partial charge in [0.15, 0.2) is 0 Å². The fourth-order valence-electron chi connectivity index (χ4n) is 1.67. The second-order valence-electron chi connectivity index (χ2n) is 3.23. The monoisotopic (exact) mass is 195 g/mol. The summed E-state index contributed by atoms with van der Waals surface area (Å²) in [5.74, 6) is 0.576. The van der Waals surface area contributed by atoms with E-state index in [0.29, 0.717) is 5.82 Å². The van der Waals surface area contributed by atoms with Gasteiger partial charge in [0.25, 0.3) is 0 Å². The number of nitrogens with zero attached hydrogens (tertiary/aromatic N) is 4. The van der Waals surface area contributed by atoms with Crippen molar-refractivity contribution in [3.05, 3.63) is 42.5 Å². The number of rotatable bonds is 1. The lowest BCUT2D eigenvalue weighted by Gasteiger charge is -2.05. The number of fused-ring (bicyclic) bond motifs is 1. The highest BCUT2D eigenvalue weighted by atomic mass is 15.5. The Hall–Kier alpha value is -2.23. The van der Waals surface area contributed by atoms with Crippen LogP contribution in [0.25, 0.3) is 22.2 Å². The molecule has 0 spiro atoms. The van der Waals surface area contributed by atoms with Gasteiger partial charge in [-0.3, -0.25) is 10.3 Å². The van der Waals surface area contributed by atoms with E-state index >= 15 is 0 Å². The molecule has 2 aromatic carbocycles. The normalized spacial score (nSPS) is 10.7. The average molecular weight is 195 g/mol. The zero-order valence-corrected chi connectivity index (χ0v) is 7.83. The van der Waals surface area contributed by atoms with Crippen LogP contribution in [0, 0.1) is 0 Å². The van der Waals surface area contributed by atoms with Gasteiger partial charge in [-0.2, -0.15) is 5.21 Å². The fourth-order valence-corrected chi connectivity index (χ4v) is 1.67. The number of tetrazole rings is 1. The molecule has 4 heteroatoms. The molecule has 1 aromatic heterocycles. The predicted molar refractivity (Wildman–Crippen MR) is 56.1 cm³/mol. The Bertz CT molecular complexity index is 581. The van der Waals surface area contributed by atoms with Crippen molar-refractivity contribution in [2.24, 2.45) is 0 Å². The molecule has 0 aliphatic carbocycles. The van der Waals surface area contributed by atoms with Gasteiger partial charge in [-0.25, -0.2) is 0 Å². The standard InChI is InChI=1S/C11H7N4/c1-2-6-9-8(4-1)5-3-7-10(9)11-12-14-15-13-11/h1-7H/q-1. The van der Waals surface area contributed by atoms with E-state index < -0.39 is 0 Å². The summed E-state index contributed by atoms with van der Waals surface area (Å²) >= 11 is 0. The van der Waals surface area contributed by atoms with Crippen molar-refractivity contribution >= 4 is 10.8 Å². The Morgan fingerprint density at radius 1 is 0.933 bits per heavy atom. The molecular weight excluding hydrogens is 188 g/mol. The first kappa shape index (κ1) is 8.11. The number of aromatic nitrogens is 4. The van der Waals surface area contributed by atoms with E-state index in [-0.39, 0.29) is 0 Å². The summed E-state index contributed by atoms with van der Waals surface area (Å²) in [4.78, 5) is 0.